The molecule has 0 saturated heterocycles. The molecule has 16 heavy (non-hydrogen) atoms. The summed E-state index contributed by atoms with van der Waals surface area (Å²) in [7, 11) is -1.75. The van der Waals surface area contributed by atoms with E-state index in [9.17, 15) is 4.79 Å². The van der Waals surface area contributed by atoms with Crippen LogP contribution in [0, 0.1) is 0 Å². The first-order valence-corrected chi connectivity index (χ1v) is 9.68. The molecule has 0 heterocycles. The molecule has 0 bridgehead atoms. The van der Waals surface area contributed by atoms with Crippen molar-refractivity contribution in [2.24, 2.45) is 0 Å². The molecule has 4 heteroatoms. The SMILES string of the molecule is CC(C)(C)[Si](C)(C)OC1C=C(CBr)C(=O)C1. The number of alkyl halides is 1. The summed E-state index contributed by atoms with van der Waals surface area (Å²) >= 11 is 3.33. The number of ketones is 1. The third-order valence-electron chi connectivity index (χ3n) is 3.53. The van der Waals surface area contributed by atoms with E-state index in [1.807, 2.05) is 6.08 Å². The average molecular weight is 305 g/mol. The quantitative estimate of drug-likeness (QED) is 0.587. The monoisotopic (exact) mass is 304 g/mol. The zero-order chi connectivity index (χ0) is 12.6. The number of carbonyl (C=O) groups excluding carboxylic acids is 1. The van der Waals surface area contributed by atoms with Gasteiger partial charge in [0.15, 0.2) is 14.1 Å². The Labute approximate surface area is 108 Å². The summed E-state index contributed by atoms with van der Waals surface area (Å²) in [5, 5.41) is 0.838. The second kappa shape index (κ2) is 4.74. The van der Waals surface area contributed by atoms with Crippen LogP contribution in [0.3, 0.4) is 0 Å². The van der Waals surface area contributed by atoms with Crippen LogP contribution in [-0.2, 0) is 9.22 Å². The van der Waals surface area contributed by atoms with E-state index >= 15 is 0 Å². The molecule has 0 aliphatic heterocycles. The van der Waals surface area contributed by atoms with Gasteiger partial charge in [0.2, 0.25) is 0 Å². The maximum atomic E-state index is 11.6. The number of hydrogen-bond acceptors (Lipinski definition) is 2. The first-order valence-electron chi connectivity index (χ1n) is 5.65. The molecule has 0 aromatic heterocycles. The normalized spacial score (nSPS) is 22.5. The van der Waals surface area contributed by atoms with E-state index in [4.69, 9.17) is 4.43 Å². The van der Waals surface area contributed by atoms with Gasteiger partial charge in [0.25, 0.3) is 0 Å². The summed E-state index contributed by atoms with van der Waals surface area (Å²) in [4.78, 5) is 11.6. The highest BCUT2D eigenvalue weighted by Crippen LogP contribution is 2.38. The summed E-state index contributed by atoms with van der Waals surface area (Å²) in [6.07, 6.45) is 2.51. The molecule has 1 unspecified atom stereocenters. The number of allylic oxidation sites excluding steroid dienone is 1. The molecule has 1 aliphatic carbocycles. The first-order chi connectivity index (χ1) is 7.17. The molecular formula is C12H21BrO2Si. The van der Waals surface area contributed by atoms with E-state index in [0.717, 1.165) is 5.57 Å². The minimum Gasteiger partial charge on any atom is -0.410 e. The van der Waals surface area contributed by atoms with Gasteiger partial charge in [-0.15, -0.1) is 0 Å². The number of carbonyl (C=O) groups is 1. The fourth-order valence-electron chi connectivity index (χ4n) is 1.44. The molecule has 1 aliphatic rings. The van der Waals surface area contributed by atoms with Crippen LogP contribution in [0.4, 0.5) is 0 Å². The predicted octanol–water partition coefficient (Wildman–Crippen LogP) is 3.67. The molecule has 92 valence electrons. The third kappa shape index (κ3) is 3.05. The molecule has 2 nitrogen and oxygen atoms in total. The van der Waals surface area contributed by atoms with Gasteiger partial charge in [0, 0.05) is 17.3 Å². The van der Waals surface area contributed by atoms with Gasteiger partial charge >= 0.3 is 0 Å². The molecule has 0 aromatic rings. The van der Waals surface area contributed by atoms with Crippen LogP contribution in [0.25, 0.3) is 0 Å². The number of Topliss-reactive ketones (excluding diaryl/α,β-unsaturated/α-hetero) is 1. The summed E-state index contributed by atoms with van der Waals surface area (Å²) in [5.41, 5.74) is 0.865. The third-order valence-corrected chi connectivity index (χ3v) is 8.64. The van der Waals surface area contributed by atoms with Crippen LogP contribution in [0.5, 0.6) is 0 Å². The van der Waals surface area contributed by atoms with E-state index in [1.54, 1.807) is 0 Å². The summed E-state index contributed by atoms with van der Waals surface area (Å²) in [6, 6.07) is 0. The van der Waals surface area contributed by atoms with Gasteiger partial charge in [-0.05, 0) is 24.2 Å². The van der Waals surface area contributed by atoms with Crippen molar-refractivity contribution in [2.75, 3.05) is 5.33 Å². The van der Waals surface area contributed by atoms with Crippen molar-refractivity contribution in [1.82, 2.24) is 0 Å². The van der Waals surface area contributed by atoms with Crippen molar-refractivity contribution in [3.05, 3.63) is 11.6 Å². The Kier molecular flexibility index (Phi) is 4.19. The summed E-state index contributed by atoms with van der Waals surface area (Å²) in [6.45, 7) is 11.1. The molecule has 0 N–H and O–H groups in total. The van der Waals surface area contributed by atoms with Crippen molar-refractivity contribution >= 4 is 30.0 Å². The van der Waals surface area contributed by atoms with E-state index in [1.165, 1.54) is 0 Å². The van der Waals surface area contributed by atoms with Gasteiger partial charge in [-0.1, -0.05) is 36.7 Å². The molecule has 0 fully saturated rings. The molecule has 0 aromatic carbocycles. The molecule has 0 radical (unpaired) electrons. The molecule has 1 rings (SSSR count). The lowest BCUT2D eigenvalue weighted by atomic mass is 10.2. The van der Waals surface area contributed by atoms with Crippen LogP contribution < -0.4 is 0 Å². The Morgan fingerprint density at radius 1 is 1.50 bits per heavy atom. The van der Waals surface area contributed by atoms with Crippen molar-refractivity contribution in [2.45, 2.75) is 51.4 Å². The maximum Gasteiger partial charge on any atom is 0.192 e. The Balaban J connectivity index is 2.71. The number of halogens is 1. The van der Waals surface area contributed by atoms with Crippen LogP contribution >= 0.6 is 15.9 Å². The van der Waals surface area contributed by atoms with Crippen LogP contribution in [0.1, 0.15) is 27.2 Å². The van der Waals surface area contributed by atoms with Gasteiger partial charge in [0.05, 0.1) is 6.10 Å². The highest BCUT2D eigenvalue weighted by molar-refractivity contribution is 9.09. The highest BCUT2D eigenvalue weighted by Gasteiger charge is 2.40. The highest BCUT2D eigenvalue weighted by atomic mass is 79.9. The zero-order valence-electron chi connectivity index (χ0n) is 10.8. The van der Waals surface area contributed by atoms with E-state index < -0.39 is 8.32 Å². The van der Waals surface area contributed by atoms with Crippen LogP contribution in [0.2, 0.25) is 18.1 Å². The van der Waals surface area contributed by atoms with Crippen LogP contribution in [0.15, 0.2) is 11.6 Å². The fourth-order valence-corrected chi connectivity index (χ4v) is 3.20. The topological polar surface area (TPSA) is 26.3 Å². The lowest BCUT2D eigenvalue weighted by molar-refractivity contribution is -0.115. The Morgan fingerprint density at radius 3 is 2.44 bits per heavy atom. The van der Waals surface area contributed by atoms with Gasteiger partial charge in [-0.25, -0.2) is 0 Å². The largest absolute Gasteiger partial charge is 0.410 e. The predicted molar refractivity (Wildman–Crippen MR) is 73.6 cm³/mol. The minimum absolute atomic E-state index is 0.000872. The van der Waals surface area contributed by atoms with Crippen molar-refractivity contribution in [3.8, 4) is 0 Å². The smallest absolute Gasteiger partial charge is 0.192 e. The summed E-state index contributed by atoms with van der Waals surface area (Å²) in [5.74, 6) is 0.223. The van der Waals surface area contributed by atoms with Crippen molar-refractivity contribution in [3.63, 3.8) is 0 Å². The van der Waals surface area contributed by atoms with Gasteiger partial charge in [-0.3, -0.25) is 4.79 Å². The van der Waals surface area contributed by atoms with E-state index in [-0.39, 0.29) is 16.9 Å². The second-order valence-corrected chi connectivity index (χ2v) is 11.2. The number of rotatable bonds is 3. The minimum atomic E-state index is -1.75. The zero-order valence-corrected chi connectivity index (χ0v) is 13.3. The molecule has 1 atom stereocenters. The molecule has 0 spiro atoms. The Bertz CT molecular complexity index is 315. The lowest BCUT2D eigenvalue weighted by Crippen LogP contribution is -2.43. The maximum absolute atomic E-state index is 11.6. The Morgan fingerprint density at radius 2 is 2.06 bits per heavy atom. The lowest BCUT2D eigenvalue weighted by Gasteiger charge is -2.37. The summed E-state index contributed by atoms with van der Waals surface area (Å²) < 4.78 is 6.19. The number of hydrogen-bond donors (Lipinski definition) is 0. The second-order valence-electron chi connectivity index (χ2n) is 5.87. The first kappa shape index (κ1) is 14.1. The van der Waals surface area contributed by atoms with E-state index in [2.05, 4.69) is 49.8 Å². The van der Waals surface area contributed by atoms with E-state index in [0.29, 0.717) is 11.8 Å². The Hall–Kier alpha value is 0.0669. The van der Waals surface area contributed by atoms with Gasteiger partial charge < -0.3 is 4.43 Å². The molecular weight excluding hydrogens is 284 g/mol. The molecule has 0 amide bonds. The average Bonchev–Trinajstić information content (AvgIpc) is 2.43. The van der Waals surface area contributed by atoms with Crippen molar-refractivity contribution in [1.29, 1.82) is 0 Å². The standard InChI is InChI=1S/C12H21BrO2Si/c1-12(2,3)16(4,5)15-10-6-9(8-13)11(14)7-10/h6,10H,7-8H2,1-5H3. The van der Waals surface area contributed by atoms with Gasteiger partial charge in [-0.2, -0.15) is 0 Å². The molecule has 0 saturated carbocycles. The van der Waals surface area contributed by atoms with Crippen molar-refractivity contribution < 1.29 is 9.22 Å². The van der Waals surface area contributed by atoms with Gasteiger partial charge in [0.1, 0.15) is 0 Å². The van der Waals surface area contributed by atoms with Crippen LogP contribution in [-0.4, -0.2) is 25.5 Å². The fraction of sp³-hybridized carbons (Fsp3) is 0.750.